The molecule has 2 rings (SSSR count). The molecule has 0 amide bonds. The van der Waals surface area contributed by atoms with Crippen molar-refractivity contribution in [2.45, 2.75) is 82.7 Å². The Morgan fingerprint density at radius 1 is 0.833 bits per heavy atom. The number of nitrogens with zero attached hydrogens (tertiary/aromatic N) is 1. The van der Waals surface area contributed by atoms with Crippen LogP contribution < -0.4 is 0 Å². The lowest BCUT2D eigenvalue weighted by atomic mass is 10.1. The van der Waals surface area contributed by atoms with Gasteiger partial charge in [0.25, 0.3) is 0 Å². The number of thioether (sulfide) groups is 1. The van der Waals surface area contributed by atoms with Gasteiger partial charge in [-0.15, -0.1) is 17.0 Å². The SMILES string of the molecule is Br.CCCCCCCCCCCCCSc1nc2ccccc2[nH]1. The van der Waals surface area contributed by atoms with Crippen LogP contribution in [0.2, 0.25) is 0 Å². The third kappa shape index (κ3) is 8.57. The molecule has 0 aliphatic heterocycles. The molecule has 0 aliphatic rings. The summed E-state index contributed by atoms with van der Waals surface area (Å²) in [6, 6.07) is 8.26. The molecule has 2 nitrogen and oxygen atoms in total. The monoisotopic (exact) mass is 412 g/mol. The number of aromatic nitrogens is 2. The maximum atomic E-state index is 4.61. The Hall–Kier alpha value is -0.480. The number of benzene rings is 1. The Bertz CT molecular complexity index is 508. The van der Waals surface area contributed by atoms with Crippen LogP contribution in [0.3, 0.4) is 0 Å². The molecule has 1 aromatic carbocycles. The zero-order valence-corrected chi connectivity index (χ0v) is 17.6. The molecular formula is C20H33BrN2S. The number of hydrogen-bond acceptors (Lipinski definition) is 2. The van der Waals surface area contributed by atoms with Crippen molar-refractivity contribution in [3.05, 3.63) is 24.3 Å². The molecule has 0 atom stereocenters. The van der Waals surface area contributed by atoms with E-state index in [1.807, 2.05) is 17.8 Å². The fourth-order valence-corrected chi connectivity index (χ4v) is 3.82. The third-order valence-corrected chi connectivity index (χ3v) is 5.31. The molecule has 0 saturated heterocycles. The van der Waals surface area contributed by atoms with E-state index in [1.165, 1.54) is 76.4 Å². The number of para-hydroxylation sites is 2. The quantitative estimate of drug-likeness (QED) is 0.271. The minimum absolute atomic E-state index is 0. The highest BCUT2D eigenvalue weighted by atomic mass is 79.9. The van der Waals surface area contributed by atoms with Crippen LogP contribution in [-0.2, 0) is 0 Å². The number of imidazole rings is 1. The van der Waals surface area contributed by atoms with Gasteiger partial charge in [-0.1, -0.05) is 95.0 Å². The highest BCUT2D eigenvalue weighted by Gasteiger charge is 2.02. The van der Waals surface area contributed by atoms with Crippen molar-refractivity contribution < 1.29 is 0 Å². The van der Waals surface area contributed by atoms with Gasteiger partial charge in [-0.3, -0.25) is 0 Å². The fourth-order valence-electron chi connectivity index (χ4n) is 2.93. The predicted octanol–water partition coefficient (Wildman–Crippen LogP) is 7.54. The van der Waals surface area contributed by atoms with Crippen LogP contribution in [-0.4, -0.2) is 15.7 Å². The smallest absolute Gasteiger partial charge is 0.166 e. The second-order valence-electron chi connectivity index (χ2n) is 6.44. The highest BCUT2D eigenvalue weighted by molar-refractivity contribution is 8.93. The van der Waals surface area contributed by atoms with Crippen LogP contribution >= 0.6 is 28.7 Å². The second-order valence-corrected chi connectivity index (χ2v) is 7.53. The van der Waals surface area contributed by atoms with Gasteiger partial charge in [0.15, 0.2) is 5.16 Å². The number of aromatic amines is 1. The van der Waals surface area contributed by atoms with Gasteiger partial charge in [0.2, 0.25) is 0 Å². The normalized spacial score (nSPS) is 10.9. The standard InChI is InChI=1S/C20H32N2S.BrH/c1-2-3-4-5-6-7-8-9-10-11-14-17-23-20-21-18-15-12-13-16-19(18)22-20;/h12-13,15-16H,2-11,14,17H2,1H3,(H,21,22);1H. The molecule has 0 saturated carbocycles. The van der Waals surface area contributed by atoms with E-state index in [-0.39, 0.29) is 17.0 Å². The van der Waals surface area contributed by atoms with Gasteiger partial charge in [-0.25, -0.2) is 4.98 Å². The predicted molar refractivity (Wildman–Crippen MR) is 114 cm³/mol. The summed E-state index contributed by atoms with van der Waals surface area (Å²) in [5.41, 5.74) is 2.22. The first-order valence-electron chi connectivity index (χ1n) is 9.47. The van der Waals surface area contributed by atoms with Crippen LogP contribution in [0.4, 0.5) is 0 Å². The molecule has 1 heterocycles. The van der Waals surface area contributed by atoms with E-state index >= 15 is 0 Å². The summed E-state index contributed by atoms with van der Waals surface area (Å²) in [4.78, 5) is 8.00. The molecule has 0 radical (unpaired) electrons. The Kier molecular flexibility index (Phi) is 12.4. The van der Waals surface area contributed by atoms with Crippen molar-refractivity contribution in [1.82, 2.24) is 9.97 Å². The molecule has 4 heteroatoms. The second kappa shape index (κ2) is 13.8. The first kappa shape index (κ1) is 21.6. The highest BCUT2D eigenvalue weighted by Crippen LogP contribution is 2.20. The summed E-state index contributed by atoms with van der Waals surface area (Å²) in [7, 11) is 0. The molecule has 1 aromatic heterocycles. The van der Waals surface area contributed by atoms with Gasteiger partial charge in [0.05, 0.1) is 11.0 Å². The Morgan fingerprint density at radius 2 is 1.42 bits per heavy atom. The van der Waals surface area contributed by atoms with E-state index in [9.17, 15) is 0 Å². The number of fused-ring (bicyclic) bond motifs is 1. The van der Waals surface area contributed by atoms with E-state index in [0.717, 1.165) is 16.2 Å². The Balaban J connectivity index is 0.00000288. The summed E-state index contributed by atoms with van der Waals surface area (Å²) >= 11 is 1.86. The minimum atomic E-state index is 0. The van der Waals surface area contributed by atoms with Crippen LogP contribution in [0.1, 0.15) is 77.6 Å². The molecule has 2 aromatic rings. The first-order valence-corrected chi connectivity index (χ1v) is 10.5. The van der Waals surface area contributed by atoms with Crippen molar-refractivity contribution in [3.63, 3.8) is 0 Å². The lowest BCUT2D eigenvalue weighted by Gasteiger charge is -2.02. The van der Waals surface area contributed by atoms with Gasteiger partial charge < -0.3 is 4.98 Å². The van der Waals surface area contributed by atoms with Crippen molar-refractivity contribution in [1.29, 1.82) is 0 Å². The molecule has 0 unspecified atom stereocenters. The molecule has 0 aliphatic carbocycles. The number of rotatable bonds is 13. The van der Waals surface area contributed by atoms with Gasteiger partial charge in [-0.2, -0.15) is 0 Å². The third-order valence-electron chi connectivity index (χ3n) is 4.35. The molecular weight excluding hydrogens is 380 g/mol. The van der Waals surface area contributed by atoms with Crippen LogP contribution in [0.5, 0.6) is 0 Å². The number of unbranched alkanes of at least 4 members (excludes halogenated alkanes) is 10. The van der Waals surface area contributed by atoms with Crippen molar-refractivity contribution in [3.8, 4) is 0 Å². The van der Waals surface area contributed by atoms with E-state index < -0.39 is 0 Å². The minimum Gasteiger partial charge on any atom is -0.333 e. The first-order chi connectivity index (χ1) is 11.4. The summed E-state index contributed by atoms with van der Waals surface area (Å²) in [5, 5.41) is 1.07. The van der Waals surface area contributed by atoms with Crippen molar-refractivity contribution >= 4 is 39.8 Å². The van der Waals surface area contributed by atoms with Crippen LogP contribution in [0, 0.1) is 0 Å². The number of H-pyrrole nitrogens is 1. The van der Waals surface area contributed by atoms with Crippen molar-refractivity contribution in [2.24, 2.45) is 0 Å². The number of hydrogen-bond donors (Lipinski definition) is 1. The molecule has 0 bridgehead atoms. The average molecular weight is 413 g/mol. The molecule has 136 valence electrons. The van der Waals surface area contributed by atoms with E-state index in [4.69, 9.17) is 0 Å². The van der Waals surface area contributed by atoms with Gasteiger partial charge in [-0.05, 0) is 18.6 Å². The van der Waals surface area contributed by atoms with Gasteiger partial charge in [0, 0.05) is 5.75 Å². The van der Waals surface area contributed by atoms with E-state index in [0.29, 0.717) is 0 Å². The Morgan fingerprint density at radius 3 is 2.04 bits per heavy atom. The lowest BCUT2D eigenvalue weighted by molar-refractivity contribution is 0.555. The molecule has 0 spiro atoms. The molecule has 0 fully saturated rings. The lowest BCUT2D eigenvalue weighted by Crippen LogP contribution is -1.85. The molecule has 1 N–H and O–H groups in total. The maximum Gasteiger partial charge on any atom is 0.166 e. The fraction of sp³-hybridized carbons (Fsp3) is 0.650. The van der Waals surface area contributed by atoms with Crippen molar-refractivity contribution in [2.75, 3.05) is 5.75 Å². The molecule has 24 heavy (non-hydrogen) atoms. The largest absolute Gasteiger partial charge is 0.333 e. The van der Waals surface area contributed by atoms with Gasteiger partial charge in [0.1, 0.15) is 0 Å². The number of halogens is 1. The summed E-state index contributed by atoms with van der Waals surface area (Å²) in [6.07, 6.45) is 15.5. The van der Waals surface area contributed by atoms with E-state index in [1.54, 1.807) is 0 Å². The average Bonchev–Trinajstić information content (AvgIpc) is 2.98. The summed E-state index contributed by atoms with van der Waals surface area (Å²) < 4.78 is 0. The zero-order valence-electron chi connectivity index (χ0n) is 15.1. The summed E-state index contributed by atoms with van der Waals surface area (Å²) in [6.45, 7) is 2.28. The van der Waals surface area contributed by atoms with Crippen LogP contribution in [0.25, 0.3) is 11.0 Å². The maximum absolute atomic E-state index is 4.61. The Labute approximate surface area is 162 Å². The summed E-state index contributed by atoms with van der Waals surface area (Å²) in [5.74, 6) is 1.18. The van der Waals surface area contributed by atoms with Gasteiger partial charge >= 0.3 is 0 Å². The number of nitrogens with one attached hydrogen (secondary N) is 1. The zero-order chi connectivity index (χ0) is 16.2. The van der Waals surface area contributed by atoms with E-state index in [2.05, 4.69) is 35.1 Å². The van der Waals surface area contributed by atoms with Crippen LogP contribution in [0.15, 0.2) is 29.4 Å². The topological polar surface area (TPSA) is 28.7 Å².